The van der Waals surface area contributed by atoms with Crippen LogP contribution in [-0.2, 0) is 22.7 Å². The van der Waals surface area contributed by atoms with Gasteiger partial charge in [0.15, 0.2) is 0 Å². The number of carbonyl (C=O) groups excluding carboxylic acids is 2. The number of nitrogens with one attached hydrogen (secondary N) is 1. The number of hydrogen-bond donors (Lipinski definition) is 1. The van der Waals surface area contributed by atoms with Crippen molar-refractivity contribution in [1.82, 2.24) is 19.8 Å². The number of aromatic nitrogens is 2. The maximum atomic E-state index is 12.7. The van der Waals surface area contributed by atoms with Crippen LogP contribution in [0.25, 0.3) is 0 Å². The molecule has 1 atom stereocenters. The molecular weight excluding hydrogens is 340 g/mol. The summed E-state index contributed by atoms with van der Waals surface area (Å²) in [6, 6.07) is 8.12. The van der Waals surface area contributed by atoms with E-state index in [0.29, 0.717) is 19.5 Å². The maximum absolute atomic E-state index is 12.7. The average molecular weight is 368 g/mol. The second-order valence-corrected chi connectivity index (χ2v) is 7.15. The molecule has 1 saturated heterocycles. The van der Waals surface area contributed by atoms with Gasteiger partial charge in [0.1, 0.15) is 0 Å². The number of benzene rings is 1. The monoisotopic (exact) mass is 368 g/mol. The molecule has 0 aliphatic carbocycles. The van der Waals surface area contributed by atoms with E-state index >= 15 is 0 Å². The molecule has 2 amide bonds. The van der Waals surface area contributed by atoms with Gasteiger partial charge in [-0.1, -0.05) is 31.2 Å². The number of nitrogens with zero attached hydrogens (tertiary/aromatic N) is 3. The van der Waals surface area contributed by atoms with Crippen LogP contribution < -0.4 is 5.32 Å². The van der Waals surface area contributed by atoms with Gasteiger partial charge < -0.3 is 14.8 Å². The van der Waals surface area contributed by atoms with Crippen LogP contribution in [0.3, 0.4) is 0 Å². The molecule has 1 N–H and O–H groups in total. The smallest absolute Gasteiger partial charge is 0.225 e. The lowest BCUT2D eigenvalue weighted by Crippen LogP contribution is -2.45. The van der Waals surface area contributed by atoms with Crippen LogP contribution in [0, 0.1) is 5.92 Å². The minimum Gasteiger partial charge on any atom is -0.352 e. The van der Waals surface area contributed by atoms with Crippen molar-refractivity contribution in [3.05, 3.63) is 54.1 Å². The standard InChI is InChI=1S/C21H28N4O2/c1-2-6-20(26)25-11-5-9-19(15-25)21(27)23-13-17-7-3-4-8-18(17)14-24-12-10-22-16-24/h3-4,7-8,10,12,16,19H,2,5-6,9,11,13-15H2,1H3,(H,23,27). The highest BCUT2D eigenvalue weighted by atomic mass is 16.2. The highest BCUT2D eigenvalue weighted by Gasteiger charge is 2.27. The fourth-order valence-corrected chi connectivity index (χ4v) is 3.58. The lowest BCUT2D eigenvalue weighted by Gasteiger charge is -2.32. The summed E-state index contributed by atoms with van der Waals surface area (Å²) in [5.41, 5.74) is 2.27. The second kappa shape index (κ2) is 9.35. The number of imidazole rings is 1. The number of hydrogen-bond acceptors (Lipinski definition) is 3. The first-order valence-electron chi connectivity index (χ1n) is 9.75. The number of amides is 2. The van der Waals surface area contributed by atoms with Crippen molar-refractivity contribution in [3.63, 3.8) is 0 Å². The van der Waals surface area contributed by atoms with Crippen LogP contribution in [0.5, 0.6) is 0 Å². The SMILES string of the molecule is CCCC(=O)N1CCCC(C(=O)NCc2ccccc2Cn2ccnc2)C1. The lowest BCUT2D eigenvalue weighted by molar-refractivity contribution is -0.135. The normalized spacial score (nSPS) is 16.9. The summed E-state index contributed by atoms with van der Waals surface area (Å²) in [6.45, 7) is 4.56. The van der Waals surface area contributed by atoms with E-state index in [1.165, 1.54) is 5.56 Å². The molecule has 6 nitrogen and oxygen atoms in total. The van der Waals surface area contributed by atoms with Gasteiger partial charge in [0.2, 0.25) is 11.8 Å². The van der Waals surface area contributed by atoms with Crippen molar-refractivity contribution in [1.29, 1.82) is 0 Å². The van der Waals surface area contributed by atoms with Gasteiger partial charge in [-0.25, -0.2) is 4.98 Å². The molecule has 1 fully saturated rings. The van der Waals surface area contributed by atoms with E-state index in [9.17, 15) is 9.59 Å². The van der Waals surface area contributed by atoms with Crippen LogP contribution in [0.1, 0.15) is 43.7 Å². The second-order valence-electron chi connectivity index (χ2n) is 7.15. The first kappa shape index (κ1) is 19.1. The molecule has 6 heteroatoms. The van der Waals surface area contributed by atoms with E-state index in [1.54, 1.807) is 12.5 Å². The fraction of sp³-hybridized carbons (Fsp3) is 0.476. The molecular formula is C21H28N4O2. The zero-order valence-electron chi connectivity index (χ0n) is 15.9. The summed E-state index contributed by atoms with van der Waals surface area (Å²) in [5, 5.41) is 3.08. The van der Waals surface area contributed by atoms with Crippen molar-refractivity contribution in [3.8, 4) is 0 Å². The first-order chi connectivity index (χ1) is 13.2. The third-order valence-electron chi connectivity index (χ3n) is 5.09. The zero-order valence-corrected chi connectivity index (χ0v) is 15.9. The summed E-state index contributed by atoms with van der Waals surface area (Å²) in [7, 11) is 0. The molecule has 0 bridgehead atoms. The van der Waals surface area contributed by atoms with Gasteiger partial charge in [-0.2, -0.15) is 0 Å². The molecule has 144 valence electrons. The Kier molecular flexibility index (Phi) is 6.63. The first-order valence-corrected chi connectivity index (χ1v) is 9.75. The molecule has 0 spiro atoms. The molecule has 1 unspecified atom stereocenters. The third kappa shape index (κ3) is 5.18. The van der Waals surface area contributed by atoms with E-state index in [2.05, 4.69) is 16.4 Å². The Balaban J connectivity index is 1.57. The van der Waals surface area contributed by atoms with Crippen molar-refractivity contribution < 1.29 is 9.59 Å². The van der Waals surface area contributed by atoms with E-state index in [1.807, 2.05) is 40.8 Å². The van der Waals surface area contributed by atoms with Crippen molar-refractivity contribution in [2.75, 3.05) is 13.1 Å². The molecule has 0 saturated carbocycles. The summed E-state index contributed by atoms with van der Waals surface area (Å²) >= 11 is 0. The Hall–Kier alpha value is -2.63. The van der Waals surface area contributed by atoms with Crippen molar-refractivity contribution >= 4 is 11.8 Å². The van der Waals surface area contributed by atoms with Gasteiger partial charge in [0.25, 0.3) is 0 Å². The molecule has 1 aromatic heterocycles. The highest BCUT2D eigenvalue weighted by molar-refractivity contribution is 5.81. The molecule has 3 rings (SSSR count). The molecule has 1 aliphatic heterocycles. The van der Waals surface area contributed by atoms with Gasteiger partial charge in [0.05, 0.1) is 12.2 Å². The number of carbonyl (C=O) groups is 2. The number of rotatable bonds is 7. The topological polar surface area (TPSA) is 67.2 Å². The molecule has 27 heavy (non-hydrogen) atoms. The van der Waals surface area contributed by atoms with Crippen LogP contribution in [0.15, 0.2) is 43.0 Å². The zero-order chi connectivity index (χ0) is 19.1. The number of piperidine rings is 1. The maximum Gasteiger partial charge on any atom is 0.225 e. The molecule has 0 radical (unpaired) electrons. The Bertz CT molecular complexity index is 757. The summed E-state index contributed by atoms with van der Waals surface area (Å²) < 4.78 is 2.01. The van der Waals surface area contributed by atoms with Gasteiger partial charge in [-0.05, 0) is 30.4 Å². The molecule has 2 heterocycles. The van der Waals surface area contributed by atoms with E-state index in [4.69, 9.17) is 0 Å². The highest BCUT2D eigenvalue weighted by Crippen LogP contribution is 2.18. The Morgan fingerprint density at radius 1 is 1.26 bits per heavy atom. The van der Waals surface area contributed by atoms with Crippen LogP contribution in [-0.4, -0.2) is 39.4 Å². The van der Waals surface area contributed by atoms with Gasteiger partial charge in [-0.15, -0.1) is 0 Å². The molecule has 1 aliphatic rings. The molecule has 1 aromatic carbocycles. The van der Waals surface area contributed by atoms with Gasteiger partial charge >= 0.3 is 0 Å². The lowest BCUT2D eigenvalue weighted by atomic mass is 9.96. The minimum atomic E-state index is -0.111. The van der Waals surface area contributed by atoms with E-state index < -0.39 is 0 Å². The van der Waals surface area contributed by atoms with Crippen molar-refractivity contribution in [2.24, 2.45) is 5.92 Å². The quantitative estimate of drug-likeness (QED) is 0.817. The Morgan fingerprint density at radius 3 is 2.81 bits per heavy atom. The predicted molar refractivity (Wildman–Crippen MR) is 104 cm³/mol. The van der Waals surface area contributed by atoms with E-state index in [0.717, 1.165) is 37.9 Å². The van der Waals surface area contributed by atoms with Gasteiger partial charge in [-0.3, -0.25) is 9.59 Å². The summed E-state index contributed by atoms with van der Waals surface area (Å²) in [5.74, 6) is 0.0995. The Morgan fingerprint density at radius 2 is 2.07 bits per heavy atom. The fourth-order valence-electron chi connectivity index (χ4n) is 3.58. The van der Waals surface area contributed by atoms with Crippen LogP contribution >= 0.6 is 0 Å². The molecule has 2 aromatic rings. The minimum absolute atomic E-state index is 0.0430. The Labute approximate surface area is 160 Å². The summed E-state index contributed by atoms with van der Waals surface area (Å²) in [6.07, 6.45) is 8.64. The predicted octanol–water partition coefficient (Wildman–Crippen LogP) is 2.59. The summed E-state index contributed by atoms with van der Waals surface area (Å²) in [4.78, 5) is 30.7. The third-order valence-corrected chi connectivity index (χ3v) is 5.09. The number of likely N-dealkylation sites (tertiary alicyclic amines) is 1. The van der Waals surface area contributed by atoms with Crippen LogP contribution in [0.4, 0.5) is 0 Å². The van der Waals surface area contributed by atoms with E-state index in [-0.39, 0.29) is 17.7 Å². The van der Waals surface area contributed by atoms with Crippen LogP contribution in [0.2, 0.25) is 0 Å². The van der Waals surface area contributed by atoms with Crippen molar-refractivity contribution in [2.45, 2.75) is 45.7 Å². The largest absolute Gasteiger partial charge is 0.352 e. The average Bonchev–Trinajstić information content (AvgIpc) is 3.20. The van der Waals surface area contributed by atoms with Gasteiger partial charge in [0, 0.05) is 45.0 Å².